The lowest BCUT2D eigenvalue weighted by Gasteiger charge is -2.13. The summed E-state index contributed by atoms with van der Waals surface area (Å²) in [6.07, 6.45) is 2.82. The van der Waals surface area contributed by atoms with Gasteiger partial charge in [0.1, 0.15) is 16.1 Å². The molecule has 0 fully saturated rings. The number of methoxy groups -OCH3 is 1. The first-order valence-corrected chi connectivity index (χ1v) is 13.1. The fourth-order valence-corrected chi connectivity index (χ4v) is 4.87. The molecule has 2 aromatic carbocycles. The number of hydrogen-bond donors (Lipinski definition) is 1. The highest BCUT2D eigenvalue weighted by atomic mass is 32.1. The Kier molecular flexibility index (Phi) is 7.47. The molecule has 3 heterocycles. The SMILES string of the molecule is COC(=O)CCCn1cc(-c2ccc(Nc3nc(Oc4c(C)cc(C#N)cc4C)c4sccc4n3)cc2)nn1. The highest BCUT2D eigenvalue weighted by Crippen LogP contribution is 2.36. The Morgan fingerprint density at radius 1 is 1.13 bits per heavy atom. The number of carbonyl (C=O) groups is 1. The number of thiophene rings is 1. The molecule has 3 aromatic heterocycles. The Balaban J connectivity index is 1.32. The van der Waals surface area contributed by atoms with Crippen LogP contribution in [0.1, 0.15) is 29.5 Å². The Bertz CT molecular complexity index is 1660. The van der Waals surface area contributed by atoms with Gasteiger partial charge in [0, 0.05) is 24.2 Å². The highest BCUT2D eigenvalue weighted by Gasteiger charge is 2.15. The van der Waals surface area contributed by atoms with Crippen LogP contribution in [0.25, 0.3) is 21.5 Å². The van der Waals surface area contributed by atoms with Crippen LogP contribution in [0.5, 0.6) is 11.6 Å². The van der Waals surface area contributed by atoms with Crippen LogP contribution in [-0.4, -0.2) is 38.0 Å². The minimum absolute atomic E-state index is 0.237. The van der Waals surface area contributed by atoms with Gasteiger partial charge in [0.15, 0.2) is 0 Å². The summed E-state index contributed by atoms with van der Waals surface area (Å²) in [5.74, 6) is 1.30. The van der Waals surface area contributed by atoms with E-state index < -0.39 is 0 Å². The molecule has 1 N–H and O–H groups in total. The number of nitrogens with one attached hydrogen (secondary N) is 1. The number of benzene rings is 2. The lowest BCUT2D eigenvalue weighted by Crippen LogP contribution is -2.04. The number of aryl methyl sites for hydroxylation is 3. The van der Waals surface area contributed by atoms with Gasteiger partial charge in [0.25, 0.3) is 0 Å². The predicted octanol–water partition coefficient (Wildman–Crippen LogP) is 5.93. The van der Waals surface area contributed by atoms with Gasteiger partial charge >= 0.3 is 5.97 Å². The number of ether oxygens (including phenoxy) is 2. The second-order valence-corrected chi connectivity index (χ2v) is 9.81. The molecular weight excluding hydrogens is 514 g/mol. The molecule has 196 valence electrons. The minimum atomic E-state index is -0.237. The molecule has 5 aromatic rings. The lowest BCUT2D eigenvalue weighted by atomic mass is 10.1. The summed E-state index contributed by atoms with van der Waals surface area (Å²) in [6.45, 7) is 4.41. The molecule has 5 rings (SSSR count). The maximum absolute atomic E-state index is 11.3. The number of anilines is 2. The van der Waals surface area contributed by atoms with Crippen LogP contribution >= 0.6 is 11.3 Å². The second-order valence-electron chi connectivity index (χ2n) is 8.89. The van der Waals surface area contributed by atoms with E-state index in [0.29, 0.717) is 42.5 Å². The fourth-order valence-electron chi connectivity index (χ4n) is 4.12. The molecule has 0 saturated carbocycles. The summed E-state index contributed by atoms with van der Waals surface area (Å²) in [4.78, 5) is 20.6. The fraction of sp³-hybridized carbons (Fsp3) is 0.214. The van der Waals surface area contributed by atoms with Crippen molar-refractivity contribution in [3.8, 4) is 29.0 Å². The molecular formula is C28H25N7O3S. The van der Waals surface area contributed by atoms with Crippen molar-refractivity contribution in [3.05, 3.63) is 70.7 Å². The van der Waals surface area contributed by atoms with Crippen LogP contribution in [0, 0.1) is 25.2 Å². The van der Waals surface area contributed by atoms with Crippen molar-refractivity contribution in [1.29, 1.82) is 5.26 Å². The van der Waals surface area contributed by atoms with Crippen LogP contribution in [-0.2, 0) is 16.1 Å². The maximum Gasteiger partial charge on any atom is 0.305 e. The first-order valence-electron chi connectivity index (χ1n) is 12.2. The van der Waals surface area contributed by atoms with Crippen LogP contribution in [0.4, 0.5) is 11.6 Å². The predicted molar refractivity (Wildman–Crippen MR) is 148 cm³/mol. The van der Waals surface area contributed by atoms with Crippen LogP contribution in [0.2, 0.25) is 0 Å². The van der Waals surface area contributed by atoms with Crippen molar-refractivity contribution in [1.82, 2.24) is 25.0 Å². The summed E-state index contributed by atoms with van der Waals surface area (Å²) in [6, 6.07) is 15.4. The van der Waals surface area contributed by atoms with E-state index in [1.807, 2.05) is 55.8 Å². The molecule has 0 spiro atoms. The van der Waals surface area contributed by atoms with Gasteiger partial charge < -0.3 is 14.8 Å². The molecule has 0 aliphatic carbocycles. The van der Waals surface area contributed by atoms with Crippen LogP contribution < -0.4 is 10.1 Å². The third-order valence-electron chi connectivity index (χ3n) is 6.03. The van der Waals surface area contributed by atoms with Crippen LogP contribution in [0.15, 0.2) is 54.0 Å². The number of nitriles is 1. The number of esters is 1. The van der Waals surface area contributed by atoms with Crippen molar-refractivity contribution in [2.24, 2.45) is 0 Å². The van der Waals surface area contributed by atoms with Gasteiger partial charge in [-0.25, -0.2) is 4.98 Å². The van der Waals surface area contributed by atoms with Gasteiger partial charge in [-0.2, -0.15) is 10.2 Å². The monoisotopic (exact) mass is 539 g/mol. The minimum Gasteiger partial charge on any atom is -0.469 e. The Labute approximate surface area is 228 Å². The van der Waals surface area contributed by atoms with Crippen molar-refractivity contribution in [2.45, 2.75) is 33.2 Å². The molecule has 39 heavy (non-hydrogen) atoms. The summed E-state index contributed by atoms with van der Waals surface area (Å²) < 4.78 is 13.5. The summed E-state index contributed by atoms with van der Waals surface area (Å²) in [5.41, 5.74) is 5.53. The van der Waals surface area contributed by atoms with E-state index in [2.05, 4.69) is 36.4 Å². The third-order valence-corrected chi connectivity index (χ3v) is 6.92. The molecule has 0 radical (unpaired) electrons. The molecule has 0 bridgehead atoms. The molecule has 0 aliphatic rings. The average molecular weight is 540 g/mol. The molecule has 0 saturated heterocycles. The van der Waals surface area contributed by atoms with E-state index in [0.717, 1.165) is 38.3 Å². The van der Waals surface area contributed by atoms with Crippen molar-refractivity contribution >= 4 is 39.2 Å². The molecule has 0 unspecified atom stereocenters. The second kappa shape index (κ2) is 11.3. The number of carbonyl (C=O) groups excluding carboxylic acids is 1. The first kappa shape index (κ1) is 25.8. The zero-order valence-corrected chi connectivity index (χ0v) is 22.5. The zero-order chi connectivity index (χ0) is 27.4. The van der Waals surface area contributed by atoms with Gasteiger partial charge in [0.05, 0.1) is 30.5 Å². The smallest absolute Gasteiger partial charge is 0.305 e. The van der Waals surface area contributed by atoms with Crippen LogP contribution in [0.3, 0.4) is 0 Å². The molecule has 11 heteroatoms. The Hall–Kier alpha value is -4.82. The number of aromatic nitrogens is 5. The standard InChI is InChI=1S/C28H25N7O3S/c1-17-13-19(15-29)14-18(2)25(17)38-27-26-22(10-12-39-26)31-28(32-27)30-21-8-6-20(7-9-21)23-16-35(34-33-23)11-4-5-24(36)37-3/h6-10,12-14,16H,4-5,11H2,1-3H3,(H,30,31,32). The number of nitrogens with zero attached hydrogens (tertiary/aromatic N) is 6. The van der Waals surface area contributed by atoms with E-state index in [1.54, 1.807) is 16.8 Å². The van der Waals surface area contributed by atoms with E-state index in [-0.39, 0.29) is 5.97 Å². The maximum atomic E-state index is 11.3. The van der Waals surface area contributed by atoms with E-state index in [1.165, 1.54) is 18.4 Å². The number of fused-ring (bicyclic) bond motifs is 1. The Morgan fingerprint density at radius 2 is 1.90 bits per heavy atom. The average Bonchev–Trinajstić information content (AvgIpc) is 3.61. The highest BCUT2D eigenvalue weighted by molar-refractivity contribution is 7.17. The molecule has 0 amide bonds. The molecule has 10 nitrogen and oxygen atoms in total. The largest absolute Gasteiger partial charge is 0.469 e. The number of rotatable bonds is 9. The Morgan fingerprint density at radius 3 is 2.62 bits per heavy atom. The third kappa shape index (κ3) is 5.86. The lowest BCUT2D eigenvalue weighted by molar-refractivity contribution is -0.140. The van der Waals surface area contributed by atoms with Gasteiger partial charge in [0.2, 0.25) is 11.8 Å². The molecule has 0 atom stereocenters. The molecule has 0 aliphatic heterocycles. The number of hydrogen-bond acceptors (Lipinski definition) is 10. The summed E-state index contributed by atoms with van der Waals surface area (Å²) in [7, 11) is 1.38. The topological polar surface area (TPSA) is 128 Å². The van der Waals surface area contributed by atoms with E-state index in [4.69, 9.17) is 4.74 Å². The van der Waals surface area contributed by atoms with Gasteiger partial charge in [-0.05, 0) is 67.1 Å². The summed E-state index contributed by atoms with van der Waals surface area (Å²) in [5, 5.41) is 22.9. The van der Waals surface area contributed by atoms with Gasteiger partial charge in [-0.15, -0.1) is 16.4 Å². The van der Waals surface area contributed by atoms with Gasteiger partial charge in [-0.1, -0.05) is 17.3 Å². The van der Waals surface area contributed by atoms with E-state index in [9.17, 15) is 10.1 Å². The van der Waals surface area contributed by atoms with Crippen molar-refractivity contribution < 1.29 is 14.3 Å². The summed E-state index contributed by atoms with van der Waals surface area (Å²) >= 11 is 1.51. The normalized spacial score (nSPS) is 10.8. The van der Waals surface area contributed by atoms with E-state index >= 15 is 0 Å². The quantitative estimate of drug-likeness (QED) is 0.227. The zero-order valence-electron chi connectivity index (χ0n) is 21.6. The van der Waals surface area contributed by atoms with Crippen molar-refractivity contribution in [2.75, 3.05) is 12.4 Å². The van der Waals surface area contributed by atoms with Crippen molar-refractivity contribution in [3.63, 3.8) is 0 Å². The van der Waals surface area contributed by atoms with Gasteiger partial charge in [-0.3, -0.25) is 9.48 Å². The first-order chi connectivity index (χ1) is 18.9.